The standard InChI is InChI=1S/C21H39N3O4/c1-15-9-10-17(23(15)8)11-12-24(18(26)20(2,3)4)13-16(14-25)22-19(27)28-21(5,6)7/h14-17H,9-13H2,1-8H3,(H,22,27). The SMILES string of the molecule is CC1CCC(CCN(CC(C=O)NC(=O)OC(C)(C)C)C(=O)C(C)(C)C)N1C. The van der Waals surface area contributed by atoms with E-state index in [4.69, 9.17) is 4.74 Å². The fourth-order valence-corrected chi connectivity index (χ4v) is 3.42. The molecule has 1 saturated heterocycles. The molecule has 0 aromatic heterocycles. The van der Waals surface area contributed by atoms with E-state index in [-0.39, 0.29) is 12.5 Å². The Kier molecular flexibility index (Phi) is 8.47. The zero-order valence-corrected chi connectivity index (χ0v) is 18.9. The Bertz CT molecular complexity index is 551. The lowest BCUT2D eigenvalue weighted by atomic mass is 9.94. The number of rotatable bonds is 7. The molecule has 3 unspecified atom stereocenters. The van der Waals surface area contributed by atoms with Crippen molar-refractivity contribution in [1.29, 1.82) is 0 Å². The number of amides is 2. The van der Waals surface area contributed by atoms with Gasteiger partial charge in [0, 0.05) is 30.6 Å². The molecular formula is C21H39N3O4. The summed E-state index contributed by atoms with van der Waals surface area (Å²) in [5.74, 6) is -0.0287. The van der Waals surface area contributed by atoms with Crippen molar-refractivity contribution in [3.05, 3.63) is 0 Å². The summed E-state index contributed by atoms with van der Waals surface area (Å²) in [5, 5.41) is 2.57. The minimum absolute atomic E-state index is 0.0287. The van der Waals surface area contributed by atoms with Crippen molar-refractivity contribution >= 4 is 18.3 Å². The molecule has 0 aromatic rings. The van der Waals surface area contributed by atoms with Crippen LogP contribution in [0.25, 0.3) is 0 Å². The second-order valence-electron chi connectivity index (χ2n) is 9.92. The average molecular weight is 398 g/mol. The van der Waals surface area contributed by atoms with E-state index in [1.165, 1.54) is 0 Å². The lowest BCUT2D eigenvalue weighted by Crippen LogP contribution is -2.51. The zero-order valence-electron chi connectivity index (χ0n) is 18.9. The first-order chi connectivity index (χ1) is 12.7. The van der Waals surface area contributed by atoms with Crippen molar-refractivity contribution in [1.82, 2.24) is 15.1 Å². The van der Waals surface area contributed by atoms with Gasteiger partial charge in [-0.15, -0.1) is 0 Å². The summed E-state index contributed by atoms with van der Waals surface area (Å²) in [6.45, 7) is 13.8. The van der Waals surface area contributed by atoms with Crippen LogP contribution in [0.15, 0.2) is 0 Å². The third-order valence-electron chi connectivity index (χ3n) is 5.13. The van der Waals surface area contributed by atoms with E-state index in [2.05, 4.69) is 24.2 Å². The fourth-order valence-electron chi connectivity index (χ4n) is 3.42. The van der Waals surface area contributed by atoms with Crippen LogP contribution in [0.2, 0.25) is 0 Å². The van der Waals surface area contributed by atoms with Gasteiger partial charge in [0.25, 0.3) is 0 Å². The molecule has 1 aliphatic heterocycles. The van der Waals surface area contributed by atoms with Crippen molar-refractivity contribution in [3.63, 3.8) is 0 Å². The highest BCUT2D eigenvalue weighted by Crippen LogP contribution is 2.25. The van der Waals surface area contributed by atoms with Crippen LogP contribution >= 0.6 is 0 Å². The number of ether oxygens (including phenoxy) is 1. The molecule has 0 radical (unpaired) electrons. The summed E-state index contributed by atoms with van der Waals surface area (Å²) < 4.78 is 5.23. The third-order valence-corrected chi connectivity index (χ3v) is 5.13. The monoisotopic (exact) mass is 397 g/mol. The van der Waals surface area contributed by atoms with Crippen LogP contribution in [-0.2, 0) is 14.3 Å². The van der Waals surface area contributed by atoms with Crippen LogP contribution in [0.4, 0.5) is 4.79 Å². The van der Waals surface area contributed by atoms with Gasteiger partial charge in [-0.2, -0.15) is 0 Å². The maximum atomic E-state index is 12.9. The smallest absolute Gasteiger partial charge is 0.408 e. The number of aldehydes is 1. The third kappa shape index (κ3) is 7.78. The number of nitrogens with zero attached hydrogens (tertiary/aromatic N) is 2. The molecule has 0 aliphatic carbocycles. The van der Waals surface area contributed by atoms with Crippen molar-refractivity contribution in [2.24, 2.45) is 5.41 Å². The first kappa shape index (κ1) is 24.4. The molecule has 3 atom stereocenters. The Morgan fingerprint density at radius 1 is 1.21 bits per heavy atom. The molecule has 1 N–H and O–H groups in total. The molecule has 28 heavy (non-hydrogen) atoms. The van der Waals surface area contributed by atoms with Gasteiger partial charge in [-0.3, -0.25) is 4.79 Å². The molecule has 0 spiro atoms. The maximum absolute atomic E-state index is 12.9. The summed E-state index contributed by atoms with van der Waals surface area (Å²) in [4.78, 5) is 40.6. The van der Waals surface area contributed by atoms with Gasteiger partial charge >= 0.3 is 6.09 Å². The highest BCUT2D eigenvalue weighted by Gasteiger charge is 2.32. The second-order valence-corrected chi connectivity index (χ2v) is 9.92. The Morgan fingerprint density at radius 2 is 1.82 bits per heavy atom. The Balaban J connectivity index is 2.79. The molecule has 0 saturated carbocycles. The first-order valence-electron chi connectivity index (χ1n) is 10.2. The van der Waals surface area contributed by atoms with Gasteiger partial charge in [0.15, 0.2) is 0 Å². The van der Waals surface area contributed by atoms with Crippen molar-refractivity contribution in [3.8, 4) is 0 Å². The summed E-state index contributed by atoms with van der Waals surface area (Å²) in [6, 6.07) is 0.175. The normalized spacial score (nSPS) is 21.9. The lowest BCUT2D eigenvalue weighted by molar-refractivity contribution is -0.140. The van der Waals surface area contributed by atoms with Gasteiger partial charge in [-0.1, -0.05) is 20.8 Å². The zero-order chi connectivity index (χ0) is 21.7. The van der Waals surface area contributed by atoms with Gasteiger partial charge in [-0.25, -0.2) is 4.79 Å². The number of alkyl carbamates (subject to hydrolysis) is 1. The number of likely N-dealkylation sites (tertiary alicyclic amines) is 1. The molecular weight excluding hydrogens is 358 g/mol. The van der Waals surface area contributed by atoms with E-state index in [1.54, 1.807) is 25.7 Å². The van der Waals surface area contributed by atoms with Crippen LogP contribution in [0.5, 0.6) is 0 Å². The van der Waals surface area contributed by atoms with Crippen molar-refractivity contribution in [2.75, 3.05) is 20.1 Å². The number of carbonyl (C=O) groups is 3. The van der Waals surface area contributed by atoms with Crippen LogP contribution in [-0.4, -0.2) is 72.0 Å². The Labute approximate surface area is 170 Å². The van der Waals surface area contributed by atoms with Crippen LogP contribution in [0, 0.1) is 5.41 Å². The molecule has 1 rings (SSSR count). The van der Waals surface area contributed by atoms with Crippen LogP contribution in [0.1, 0.15) is 67.7 Å². The molecule has 162 valence electrons. The molecule has 7 nitrogen and oxygen atoms in total. The summed E-state index contributed by atoms with van der Waals surface area (Å²) in [7, 11) is 2.12. The highest BCUT2D eigenvalue weighted by molar-refractivity contribution is 5.82. The molecule has 1 fully saturated rings. The molecule has 7 heteroatoms. The number of carbonyl (C=O) groups excluding carboxylic acids is 3. The topological polar surface area (TPSA) is 79.0 Å². The molecule has 1 aliphatic rings. The lowest BCUT2D eigenvalue weighted by Gasteiger charge is -2.33. The van der Waals surface area contributed by atoms with E-state index >= 15 is 0 Å². The second kappa shape index (κ2) is 9.72. The number of hydrogen-bond acceptors (Lipinski definition) is 5. The molecule has 0 aromatic carbocycles. The molecule has 2 amide bonds. The number of hydrogen-bond donors (Lipinski definition) is 1. The minimum atomic E-state index is -0.804. The Hall–Kier alpha value is -1.63. The van der Waals surface area contributed by atoms with E-state index in [0.29, 0.717) is 24.9 Å². The van der Waals surface area contributed by atoms with Gasteiger partial charge < -0.3 is 24.6 Å². The maximum Gasteiger partial charge on any atom is 0.408 e. The van der Waals surface area contributed by atoms with Gasteiger partial charge in [-0.05, 0) is 54.0 Å². The quantitative estimate of drug-likeness (QED) is 0.668. The van der Waals surface area contributed by atoms with E-state index < -0.39 is 23.2 Å². The van der Waals surface area contributed by atoms with E-state index in [9.17, 15) is 14.4 Å². The molecule has 1 heterocycles. The highest BCUT2D eigenvalue weighted by atomic mass is 16.6. The van der Waals surface area contributed by atoms with Gasteiger partial charge in [0.05, 0.1) is 0 Å². The van der Waals surface area contributed by atoms with Gasteiger partial charge in [0.1, 0.15) is 17.9 Å². The van der Waals surface area contributed by atoms with Crippen molar-refractivity contribution < 1.29 is 19.1 Å². The first-order valence-corrected chi connectivity index (χ1v) is 10.2. The van der Waals surface area contributed by atoms with Crippen molar-refractivity contribution in [2.45, 2.75) is 91.5 Å². The summed E-state index contributed by atoms with van der Waals surface area (Å²) in [5.41, 5.74) is -1.21. The minimum Gasteiger partial charge on any atom is -0.444 e. The van der Waals surface area contributed by atoms with E-state index in [1.807, 2.05) is 20.8 Å². The average Bonchev–Trinajstić information content (AvgIpc) is 2.86. The predicted molar refractivity (Wildman–Crippen MR) is 110 cm³/mol. The predicted octanol–water partition coefficient (Wildman–Crippen LogP) is 2.83. The van der Waals surface area contributed by atoms with Gasteiger partial charge in [0.2, 0.25) is 5.91 Å². The Morgan fingerprint density at radius 3 is 2.25 bits per heavy atom. The fraction of sp³-hybridized carbons (Fsp3) is 0.857. The van der Waals surface area contributed by atoms with Crippen LogP contribution in [0.3, 0.4) is 0 Å². The number of nitrogens with one attached hydrogen (secondary N) is 1. The summed E-state index contributed by atoms with van der Waals surface area (Å²) in [6.07, 6.45) is 3.13. The largest absolute Gasteiger partial charge is 0.444 e. The summed E-state index contributed by atoms with van der Waals surface area (Å²) >= 11 is 0. The molecule has 0 bridgehead atoms. The van der Waals surface area contributed by atoms with Crippen LogP contribution < -0.4 is 5.32 Å². The van der Waals surface area contributed by atoms with E-state index in [0.717, 1.165) is 19.3 Å².